The molecule has 12 nitrogen and oxygen atoms in total. The van der Waals surface area contributed by atoms with E-state index in [1.165, 1.54) is 0 Å². The van der Waals surface area contributed by atoms with Crippen LogP contribution >= 0.6 is 0 Å². The number of carboxylic acid groups (broad SMARTS) is 1. The number of carbonyl (C=O) groups is 2. The average molecular weight is 684 g/mol. The molecule has 6 rings (SSSR count). The summed E-state index contributed by atoms with van der Waals surface area (Å²) >= 11 is 0. The number of amides is 2. The van der Waals surface area contributed by atoms with Crippen molar-refractivity contribution in [2.45, 2.75) is 64.3 Å². The second kappa shape index (κ2) is 15.4. The highest BCUT2D eigenvalue weighted by atomic mass is 28.3. The van der Waals surface area contributed by atoms with Gasteiger partial charge in [-0.2, -0.15) is 0 Å². The molecule has 13 heteroatoms. The molecule has 5 heterocycles. The van der Waals surface area contributed by atoms with Gasteiger partial charge < -0.3 is 29.8 Å². The number of ether oxygens (including phenoxy) is 2. The zero-order valence-corrected chi connectivity index (χ0v) is 29.4. The number of piperidine rings is 1. The molecule has 4 aromatic rings. The fourth-order valence-corrected chi connectivity index (χ4v) is 7.09. The van der Waals surface area contributed by atoms with Gasteiger partial charge in [0.15, 0.2) is 0 Å². The molecule has 2 aliphatic rings. The lowest BCUT2D eigenvalue weighted by molar-refractivity contribution is 0.0909. The Morgan fingerprint density at radius 1 is 1.10 bits per heavy atom. The number of benzene rings is 1. The second-order valence-corrected chi connectivity index (χ2v) is 19.5. The summed E-state index contributed by atoms with van der Waals surface area (Å²) in [4.78, 5) is 40.2. The topological polar surface area (TPSA) is 144 Å². The lowest BCUT2D eigenvalue weighted by Gasteiger charge is -2.32. The first-order valence-corrected chi connectivity index (χ1v) is 20.6. The lowest BCUT2D eigenvalue weighted by Crippen LogP contribution is -2.46. The fraction of sp³-hybridized carbons (Fsp3) is 0.417. The molecule has 2 aliphatic heterocycles. The van der Waals surface area contributed by atoms with Crippen LogP contribution < -0.4 is 10.6 Å². The first kappa shape index (κ1) is 34.4. The zero-order chi connectivity index (χ0) is 34.4. The summed E-state index contributed by atoms with van der Waals surface area (Å²) in [6.45, 7) is 11.5. The summed E-state index contributed by atoms with van der Waals surface area (Å²) < 4.78 is 13.9. The predicted octanol–water partition coefficient (Wildman–Crippen LogP) is 6.09. The summed E-state index contributed by atoms with van der Waals surface area (Å²) in [7, 11) is -1.25. The third-order valence-corrected chi connectivity index (χ3v) is 10.6. The molecule has 0 bridgehead atoms. The SMILES string of the molecule is C[Si](C)(C)CCOCn1c(-c2ccc(NC(=O)c3cc(CN4CCCC(NC(=O)O)C4)ccn3)cc2)cc2c(C3=CCOCC3)ncnc21. The molecule has 258 valence electrons. The van der Waals surface area contributed by atoms with Crippen LogP contribution in [0, 0.1) is 0 Å². The smallest absolute Gasteiger partial charge is 0.404 e. The molecule has 0 radical (unpaired) electrons. The van der Waals surface area contributed by atoms with Gasteiger partial charge in [-0.15, -0.1) is 0 Å². The van der Waals surface area contributed by atoms with Crippen LogP contribution in [0.4, 0.5) is 10.5 Å². The van der Waals surface area contributed by atoms with Crippen molar-refractivity contribution in [1.29, 1.82) is 0 Å². The molecule has 0 aliphatic carbocycles. The van der Waals surface area contributed by atoms with Crippen molar-refractivity contribution in [3.63, 3.8) is 0 Å². The largest absolute Gasteiger partial charge is 0.465 e. The maximum atomic E-state index is 13.3. The molecule has 1 unspecified atom stereocenters. The number of rotatable bonds is 12. The maximum absolute atomic E-state index is 13.3. The van der Waals surface area contributed by atoms with E-state index in [0.717, 1.165) is 71.0 Å². The van der Waals surface area contributed by atoms with Crippen LogP contribution in [0.25, 0.3) is 27.9 Å². The van der Waals surface area contributed by atoms with E-state index < -0.39 is 14.2 Å². The van der Waals surface area contributed by atoms with E-state index in [4.69, 9.17) is 14.6 Å². The van der Waals surface area contributed by atoms with Gasteiger partial charge in [-0.05, 0) is 78.9 Å². The highest BCUT2D eigenvalue weighted by Crippen LogP contribution is 2.33. The third-order valence-electron chi connectivity index (χ3n) is 8.91. The molecular weight excluding hydrogens is 639 g/mol. The molecule has 49 heavy (non-hydrogen) atoms. The monoisotopic (exact) mass is 683 g/mol. The number of hydrogen-bond acceptors (Lipinski definition) is 8. The lowest BCUT2D eigenvalue weighted by atomic mass is 10.0. The number of carbonyl (C=O) groups excluding carboxylic acids is 1. The Labute approximate surface area is 287 Å². The minimum atomic E-state index is -1.25. The highest BCUT2D eigenvalue weighted by Gasteiger charge is 2.22. The molecule has 3 aromatic heterocycles. The van der Waals surface area contributed by atoms with Crippen molar-refractivity contribution in [3.8, 4) is 11.3 Å². The van der Waals surface area contributed by atoms with Gasteiger partial charge in [0.1, 0.15) is 24.4 Å². The first-order valence-electron chi connectivity index (χ1n) is 16.9. The number of likely N-dealkylation sites (tertiary alicyclic amines) is 1. The van der Waals surface area contributed by atoms with Crippen LogP contribution in [-0.4, -0.2) is 88.6 Å². The first-order chi connectivity index (χ1) is 23.6. The molecule has 3 N–H and O–H groups in total. The van der Waals surface area contributed by atoms with Crippen LogP contribution in [0.5, 0.6) is 0 Å². The molecule has 2 amide bonds. The van der Waals surface area contributed by atoms with Crippen molar-refractivity contribution >= 4 is 42.4 Å². The third kappa shape index (κ3) is 8.98. The Balaban J connectivity index is 1.18. The Kier molecular flexibility index (Phi) is 10.8. The van der Waals surface area contributed by atoms with Crippen LogP contribution in [0.2, 0.25) is 25.7 Å². The van der Waals surface area contributed by atoms with Gasteiger partial charge in [0.05, 0.1) is 24.6 Å². The number of hydrogen-bond donors (Lipinski definition) is 3. The number of anilines is 1. The minimum Gasteiger partial charge on any atom is -0.465 e. The molecular formula is C36H45N7O5Si. The summed E-state index contributed by atoms with van der Waals surface area (Å²) in [5.74, 6) is -0.298. The van der Waals surface area contributed by atoms with E-state index in [1.54, 1.807) is 18.6 Å². The van der Waals surface area contributed by atoms with Crippen molar-refractivity contribution < 1.29 is 24.2 Å². The van der Waals surface area contributed by atoms with Gasteiger partial charge in [0.2, 0.25) is 0 Å². The number of nitrogens with one attached hydrogen (secondary N) is 2. The van der Waals surface area contributed by atoms with Crippen molar-refractivity contribution in [1.82, 2.24) is 29.7 Å². The molecule has 1 saturated heterocycles. The van der Waals surface area contributed by atoms with E-state index in [-0.39, 0.29) is 11.9 Å². The second-order valence-electron chi connectivity index (χ2n) is 13.9. The Morgan fingerprint density at radius 3 is 2.69 bits per heavy atom. The van der Waals surface area contributed by atoms with E-state index >= 15 is 0 Å². The summed E-state index contributed by atoms with van der Waals surface area (Å²) in [5, 5.41) is 15.6. The van der Waals surface area contributed by atoms with Crippen molar-refractivity contribution in [2.24, 2.45) is 0 Å². The van der Waals surface area contributed by atoms with Gasteiger partial charge in [-0.1, -0.05) is 37.8 Å². The van der Waals surface area contributed by atoms with Gasteiger partial charge in [0.25, 0.3) is 5.91 Å². The van der Waals surface area contributed by atoms with E-state index in [2.05, 4.69) is 66.8 Å². The van der Waals surface area contributed by atoms with Crippen LogP contribution in [0.1, 0.15) is 41.0 Å². The van der Waals surface area contributed by atoms with Gasteiger partial charge in [-0.3, -0.25) is 14.7 Å². The van der Waals surface area contributed by atoms with Gasteiger partial charge >= 0.3 is 6.09 Å². The average Bonchev–Trinajstić information content (AvgIpc) is 3.45. The minimum absolute atomic E-state index is 0.0954. The highest BCUT2D eigenvalue weighted by molar-refractivity contribution is 6.76. The molecule has 0 saturated carbocycles. The quantitative estimate of drug-likeness (QED) is 0.119. The Morgan fingerprint density at radius 2 is 1.94 bits per heavy atom. The Hall–Kier alpha value is -4.43. The molecule has 1 aromatic carbocycles. The van der Waals surface area contributed by atoms with Crippen LogP contribution in [-0.2, 0) is 22.7 Å². The number of pyridine rings is 1. The summed E-state index contributed by atoms with van der Waals surface area (Å²) in [6.07, 6.45) is 6.89. The van der Waals surface area contributed by atoms with E-state index in [1.807, 2.05) is 30.3 Å². The molecule has 1 atom stereocenters. The van der Waals surface area contributed by atoms with Gasteiger partial charge in [-0.25, -0.2) is 14.8 Å². The van der Waals surface area contributed by atoms with E-state index in [9.17, 15) is 9.59 Å². The van der Waals surface area contributed by atoms with Crippen molar-refractivity contribution in [2.75, 3.05) is 38.2 Å². The van der Waals surface area contributed by atoms with Crippen LogP contribution in [0.15, 0.2) is 61.1 Å². The predicted molar refractivity (Wildman–Crippen MR) is 192 cm³/mol. The standard InChI is InChI=1S/C36H45N7O5Si/c1-49(2,3)18-17-48-24-43-32(20-30-33(38-23-39-34(30)43)27-11-15-47-16-12-27)26-6-8-28(9-7-26)40-35(44)31-19-25(10-13-37-31)21-42-14-4-5-29(22-42)41-36(45)46/h6-11,13,19-20,23,29,41H,4-5,12,14-18,21-22,24H2,1-3H3,(H,40,44)(H,45,46). The summed E-state index contributed by atoms with van der Waals surface area (Å²) in [6, 6.07) is 14.6. The van der Waals surface area contributed by atoms with Crippen molar-refractivity contribution in [3.05, 3.63) is 78.0 Å². The Bertz CT molecular complexity index is 1820. The fourth-order valence-electron chi connectivity index (χ4n) is 6.33. The summed E-state index contributed by atoms with van der Waals surface area (Å²) in [5.41, 5.74) is 6.76. The number of aromatic nitrogens is 4. The number of fused-ring (bicyclic) bond motifs is 1. The molecule has 1 fully saturated rings. The normalized spacial score (nSPS) is 17.1. The molecule has 0 spiro atoms. The maximum Gasteiger partial charge on any atom is 0.404 e. The van der Waals surface area contributed by atoms with Gasteiger partial charge in [0, 0.05) is 51.1 Å². The zero-order valence-electron chi connectivity index (χ0n) is 28.4. The van der Waals surface area contributed by atoms with E-state index in [0.29, 0.717) is 51.0 Å². The number of nitrogens with zero attached hydrogens (tertiary/aromatic N) is 5. The van der Waals surface area contributed by atoms with Crippen LogP contribution in [0.3, 0.4) is 0 Å².